The summed E-state index contributed by atoms with van der Waals surface area (Å²) in [6.07, 6.45) is 4.49. The van der Waals surface area contributed by atoms with Gasteiger partial charge in [-0.1, -0.05) is 30.0 Å². The van der Waals surface area contributed by atoms with Crippen molar-refractivity contribution in [3.05, 3.63) is 16.8 Å². The molecule has 9 nitrogen and oxygen atoms in total. The van der Waals surface area contributed by atoms with Crippen LogP contribution in [0.25, 0.3) is 0 Å². The lowest BCUT2D eigenvalue weighted by Gasteiger charge is -2.17. The molecule has 2 amide bonds. The van der Waals surface area contributed by atoms with Gasteiger partial charge in [-0.15, -0.1) is 10.2 Å². The number of carbonyl (C=O) groups excluding carboxylic acids is 2. The van der Waals surface area contributed by atoms with Gasteiger partial charge in [-0.05, 0) is 45.1 Å². The molecule has 0 unspecified atom stereocenters. The van der Waals surface area contributed by atoms with Gasteiger partial charge < -0.3 is 14.6 Å². The molecule has 0 bridgehead atoms. The predicted octanol–water partition coefficient (Wildman–Crippen LogP) is 3.64. The molecule has 2 aromatic rings. The van der Waals surface area contributed by atoms with Gasteiger partial charge in [0.15, 0.2) is 4.34 Å². The molecule has 0 radical (unpaired) electrons. The van der Waals surface area contributed by atoms with Crippen LogP contribution in [0.1, 0.15) is 55.8 Å². The molecule has 2 aliphatic rings. The molecule has 1 saturated carbocycles. The fourth-order valence-electron chi connectivity index (χ4n) is 3.97. The second kappa shape index (κ2) is 10.2. The summed E-state index contributed by atoms with van der Waals surface area (Å²) in [6.45, 7) is 7.06. The smallest absolute Gasteiger partial charge is 0.235 e. The van der Waals surface area contributed by atoms with Gasteiger partial charge in [0.25, 0.3) is 0 Å². The first-order chi connectivity index (χ1) is 15.9. The number of rotatable bonds is 9. The van der Waals surface area contributed by atoms with E-state index in [2.05, 4.69) is 21.6 Å². The van der Waals surface area contributed by atoms with Crippen molar-refractivity contribution >= 4 is 45.9 Å². The van der Waals surface area contributed by atoms with Crippen LogP contribution in [0.3, 0.4) is 0 Å². The quantitative estimate of drug-likeness (QED) is 0.423. The third kappa shape index (κ3) is 5.23. The Hall–Kier alpha value is -2.42. The van der Waals surface area contributed by atoms with E-state index in [4.69, 9.17) is 4.74 Å². The maximum Gasteiger partial charge on any atom is 0.235 e. The standard InChI is InChI=1S/C22H28N6O3S2/c1-4-19(30)28(15-7-8-15)21-25-26-22(33-21)32-12-18(29)24-20-17(10-23)13(2)14(3)27(20)11-16-6-5-9-31-16/h15-16H,4-9,11-12H2,1-3H3,(H,24,29)/t16-/m0/s1. The normalized spacial score (nSPS) is 17.7. The molecule has 2 fully saturated rings. The zero-order valence-corrected chi connectivity index (χ0v) is 20.7. The first-order valence-electron chi connectivity index (χ1n) is 11.2. The van der Waals surface area contributed by atoms with Crippen LogP contribution < -0.4 is 10.2 Å². The van der Waals surface area contributed by atoms with Gasteiger partial charge in [0.2, 0.25) is 16.9 Å². The number of anilines is 2. The van der Waals surface area contributed by atoms with Gasteiger partial charge in [-0.2, -0.15) is 5.26 Å². The molecule has 33 heavy (non-hydrogen) atoms. The molecule has 11 heteroatoms. The van der Waals surface area contributed by atoms with E-state index in [1.165, 1.54) is 23.1 Å². The number of ether oxygens (including phenoxy) is 1. The second-order valence-corrected chi connectivity index (χ2v) is 10.5. The SMILES string of the molecule is CCC(=O)N(c1nnc(SCC(=O)Nc2c(C#N)c(C)c(C)n2C[C@@H]2CCCO2)s1)C1CC1. The highest BCUT2D eigenvalue weighted by molar-refractivity contribution is 8.01. The summed E-state index contributed by atoms with van der Waals surface area (Å²) in [4.78, 5) is 26.8. The van der Waals surface area contributed by atoms with E-state index in [1.54, 1.807) is 4.90 Å². The van der Waals surface area contributed by atoms with Crippen LogP contribution in [-0.2, 0) is 20.9 Å². The summed E-state index contributed by atoms with van der Waals surface area (Å²) in [7, 11) is 0. The van der Waals surface area contributed by atoms with Gasteiger partial charge in [0.05, 0.1) is 24.0 Å². The Morgan fingerprint density at radius 1 is 1.33 bits per heavy atom. The molecular formula is C22H28N6O3S2. The lowest BCUT2D eigenvalue weighted by molar-refractivity contribution is -0.118. The average Bonchev–Trinajstić information content (AvgIpc) is 3.21. The number of nitrogens with zero attached hydrogens (tertiary/aromatic N) is 5. The number of nitriles is 1. The number of thioether (sulfide) groups is 1. The zero-order chi connectivity index (χ0) is 23.5. The van der Waals surface area contributed by atoms with E-state index >= 15 is 0 Å². The number of carbonyl (C=O) groups is 2. The number of hydrogen-bond donors (Lipinski definition) is 1. The predicted molar refractivity (Wildman–Crippen MR) is 128 cm³/mol. The fourth-order valence-corrected chi connectivity index (χ4v) is 5.70. The van der Waals surface area contributed by atoms with Crippen LogP contribution >= 0.6 is 23.1 Å². The number of hydrogen-bond acceptors (Lipinski definition) is 8. The topological polar surface area (TPSA) is 113 Å². The van der Waals surface area contributed by atoms with Crippen molar-refractivity contribution in [2.75, 3.05) is 22.6 Å². The Kier molecular flexibility index (Phi) is 7.36. The molecule has 1 N–H and O–H groups in total. The third-order valence-corrected chi connectivity index (χ3v) is 8.08. The summed E-state index contributed by atoms with van der Waals surface area (Å²) in [5.41, 5.74) is 2.31. The molecule has 176 valence electrons. The minimum atomic E-state index is -0.219. The summed E-state index contributed by atoms with van der Waals surface area (Å²) >= 11 is 2.61. The van der Waals surface area contributed by atoms with Crippen molar-refractivity contribution in [3.8, 4) is 6.07 Å². The zero-order valence-electron chi connectivity index (χ0n) is 19.1. The Labute approximate surface area is 201 Å². The lowest BCUT2D eigenvalue weighted by atomic mass is 10.2. The molecule has 1 atom stereocenters. The number of aromatic nitrogens is 3. The Morgan fingerprint density at radius 3 is 2.76 bits per heavy atom. The molecule has 1 saturated heterocycles. The molecule has 2 aromatic heterocycles. The molecule has 0 spiro atoms. The van der Waals surface area contributed by atoms with Crippen molar-refractivity contribution in [2.24, 2.45) is 0 Å². The van der Waals surface area contributed by atoms with Gasteiger partial charge in [0.1, 0.15) is 11.9 Å². The Morgan fingerprint density at radius 2 is 2.12 bits per heavy atom. The largest absolute Gasteiger partial charge is 0.376 e. The molecular weight excluding hydrogens is 460 g/mol. The van der Waals surface area contributed by atoms with E-state index in [9.17, 15) is 14.9 Å². The van der Waals surface area contributed by atoms with Crippen molar-refractivity contribution < 1.29 is 14.3 Å². The maximum atomic E-state index is 12.8. The minimum absolute atomic E-state index is 0.0460. The number of nitrogens with one attached hydrogen (secondary N) is 1. The maximum absolute atomic E-state index is 12.8. The summed E-state index contributed by atoms with van der Waals surface area (Å²) in [5, 5.41) is 21.6. The first kappa shape index (κ1) is 23.7. The van der Waals surface area contributed by atoms with Crippen LogP contribution in [-0.4, -0.2) is 51.1 Å². The van der Waals surface area contributed by atoms with E-state index < -0.39 is 0 Å². The summed E-state index contributed by atoms with van der Waals surface area (Å²) < 4.78 is 8.39. The van der Waals surface area contributed by atoms with E-state index in [0.717, 1.165) is 43.5 Å². The Balaban J connectivity index is 1.42. The van der Waals surface area contributed by atoms with Gasteiger partial charge in [-0.3, -0.25) is 14.5 Å². The van der Waals surface area contributed by atoms with E-state index in [0.29, 0.717) is 33.8 Å². The molecule has 1 aliphatic carbocycles. The van der Waals surface area contributed by atoms with Crippen LogP contribution in [0.5, 0.6) is 0 Å². The van der Waals surface area contributed by atoms with Crippen molar-refractivity contribution in [1.82, 2.24) is 14.8 Å². The van der Waals surface area contributed by atoms with Crippen LogP contribution in [0.4, 0.5) is 10.9 Å². The average molecular weight is 489 g/mol. The minimum Gasteiger partial charge on any atom is -0.376 e. The number of amides is 2. The van der Waals surface area contributed by atoms with Crippen LogP contribution in [0, 0.1) is 25.2 Å². The van der Waals surface area contributed by atoms with Crippen molar-refractivity contribution in [3.63, 3.8) is 0 Å². The highest BCUT2D eigenvalue weighted by atomic mass is 32.2. The highest BCUT2D eigenvalue weighted by Gasteiger charge is 2.35. The van der Waals surface area contributed by atoms with E-state index in [1.807, 2.05) is 25.3 Å². The van der Waals surface area contributed by atoms with Gasteiger partial charge in [-0.25, -0.2) is 0 Å². The molecule has 3 heterocycles. The Bertz CT molecular complexity index is 1080. The molecule has 0 aromatic carbocycles. The second-order valence-electron chi connectivity index (χ2n) is 8.33. The molecule has 1 aliphatic heterocycles. The van der Waals surface area contributed by atoms with Gasteiger partial charge >= 0.3 is 0 Å². The summed E-state index contributed by atoms with van der Waals surface area (Å²) in [6, 6.07) is 2.46. The van der Waals surface area contributed by atoms with Crippen molar-refractivity contribution in [1.29, 1.82) is 5.26 Å². The van der Waals surface area contributed by atoms with Crippen molar-refractivity contribution in [2.45, 2.75) is 75.9 Å². The lowest BCUT2D eigenvalue weighted by Crippen LogP contribution is -2.32. The third-order valence-electron chi connectivity index (χ3n) is 6.02. The fraction of sp³-hybridized carbons (Fsp3) is 0.591. The van der Waals surface area contributed by atoms with Gasteiger partial charge in [0, 0.05) is 24.8 Å². The van der Waals surface area contributed by atoms with Crippen LogP contribution in [0.2, 0.25) is 0 Å². The van der Waals surface area contributed by atoms with Crippen LogP contribution in [0.15, 0.2) is 4.34 Å². The van der Waals surface area contributed by atoms with E-state index in [-0.39, 0.29) is 29.7 Å². The highest BCUT2D eigenvalue weighted by Crippen LogP contribution is 2.36. The first-order valence-corrected chi connectivity index (χ1v) is 13.0. The monoisotopic (exact) mass is 488 g/mol. The molecule has 4 rings (SSSR count). The summed E-state index contributed by atoms with van der Waals surface area (Å²) in [5.74, 6) is 0.487.